The highest BCUT2D eigenvalue weighted by atomic mass is 79.9. The molecule has 110 valence electrons. The molecule has 0 radical (unpaired) electrons. The van der Waals surface area contributed by atoms with E-state index >= 15 is 0 Å². The summed E-state index contributed by atoms with van der Waals surface area (Å²) >= 11 is 3.41. The summed E-state index contributed by atoms with van der Waals surface area (Å²) in [5.74, 6) is 0.870. The molecule has 2 rings (SSSR count). The molecule has 0 saturated carbocycles. The van der Waals surface area contributed by atoms with E-state index in [9.17, 15) is 4.79 Å². The van der Waals surface area contributed by atoms with Crippen molar-refractivity contribution >= 4 is 27.5 Å². The van der Waals surface area contributed by atoms with Gasteiger partial charge in [-0.1, -0.05) is 24.3 Å². The van der Waals surface area contributed by atoms with Crippen LogP contribution in [0, 0.1) is 0 Å². The number of ether oxygens (including phenoxy) is 1. The van der Waals surface area contributed by atoms with Crippen LogP contribution in [0.15, 0.2) is 53.0 Å². The number of carbonyl (C=O) groups is 1. The van der Waals surface area contributed by atoms with Crippen molar-refractivity contribution in [3.63, 3.8) is 0 Å². The van der Waals surface area contributed by atoms with Crippen LogP contribution >= 0.6 is 15.9 Å². The van der Waals surface area contributed by atoms with E-state index in [1.54, 1.807) is 0 Å². The predicted molar refractivity (Wildman–Crippen MR) is 88.7 cm³/mol. The highest BCUT2D eigenvalue weighted by Crippen LogP contribution is 2.21. The Kier molecular flexibility index (Phi) is 5.81. The second-order valence-electron chi connectivity index (χ2n) is 4.60. The Morgan fingerprint density at radius 3 is 2.52 bits per heavy atom. The molecule has 0 unspecified atom stereocenters. The van der Waals surface area contributed by atoms with Gasteiger partial charge in [-0.15, -0.1) is 0 Å². The molecule has 0 bridgehead atoms. The second-order valence-corrected chi connectivity index (χ2v) is 5.46. The van der Waals surface area contributed by atoms with Gasteiger partial charge in [-0.3, -0.25) is 4.79 Å². The monoisotopic (exact) mass is 347 g/mol. The van der Waals surface area contributed by atoms with E-state index in [4.69, 9.17) is 4.74 Å². The second kappa shape index (κ2) is 7.84. The number of halogens is 1. The van der Waals surface area contributed by atoms with Crippen molar-refractivity contribution in [1.82, 2.24) is 0 Å². The number of hydrogen-bond donors (Lipinski definition) is 1. The van der Waals surface area contributed by atoms with Gasteiger partial charge in [0.15, 0.2) is 0 Å². The van der Waals surface area contributed by atoms with E-state index in [1.165, 1.54) is 0 Å². The summed E-state index contributed by atoms with van der Waals surface area (Å²) in [6.07, 6.45) is 1.16. The third-order valence-electron chi connectivity index (χ3n) is 3.02. The first-order valence-electron chi connectivity index (χ1n) is 6.95. The number of nitrogens with one attached hydrogen (secondary N) is 1. The van der Waals surface area contributed by atoms with Gasteiger partial charge in [0.1, 0.15) is 5.75 Å². The lowest BCUT2D eigenvalue weighted by molar-refractivity contribution is -0.116. The fourth-order valence-corrected chi connectivity index (χ4v) is 2.34. The minimum atomic E-state index is 0.00999. The Hall–Kier alpha value is -1.81. The van der Waals surface area contributed by atoms with Gasteiger partial charge in [-0.05, 0) is 59.1 Å². The molecular weight excluding hydrogens is 330 g/mol. The molecule has 2 aromatic rings. The lowest BCUT2D eigenvalue weighted by atomic mass is 10.1. The molecule has 0 saturated heterocycles. The maximum absolute atomic E-state index is 12.0. The fourth-order valence-electron chi connectivity index (χ4n) is 1.95. The van der Waals surface area contributed by atoms with Crippen LogP contribution in [-0.4, -0.2) is 12.5 Å². The van der Waals surface area contributed by atoms with Crippen LogP contribution in [0.2, 0.25) is 0 Å². The van der Waals surface area contributed by atoms with Gasteiger partial charge in [0, 0.05) is 10.9 Å². The maximum Gasteiger partial charge on any atom is 0.224 e. The smallest absolute Gasteiger partial charge is 0.224 e. The van der Waals surface area contributed by atoms with E-state index in [1.807, 2.05) is 55.5 Å². The summed E-state index contributed by atoms with van der Waals surface area (Å²) in [7, 11) is 0. The number of hydrogen-bond acceptors (Lipinski definition) is 2. The predicted octanol–water partition coefficient (Wildman–Crippen LogP) is 4.42. The van der Waals surface area contributed by atoms with Crippen molar-refractivity contribution < 1.29 is 9.53 Å². The van der Waals surface area contributed by atoms with Gasteiger partial charge in [-0.2, -0.15) is 0 Å². The average Bonchev–Trinajstić information content (AvgIpc) is 2.49. The summed E-state index contributed by atoms with van der Waals surface area (Å²) in [5.41, 5.74) is 1.93. The molecule has 21 heavy (non-hydrogen) atoms. The molecule has 0 atom stereocenters. The third-order valence-corrected chi connectivity index (χ3v) is 3.71. The van der Waals surface area contributed by atoms with Crippen molar-refractivity contribution in [2.75, 3.05) is 11.9 Å². The molecule has 0 spiro atoms. The number of amides is 1. The minimum Gasteiger partial charge on any atom is -0.494 e. The molecule has 0 fully saturated rings. The quantitative estimate of drug-likeness (QED) is 0.839. The molecule has 3 nitrogen and oxygen atoms in total. The maximum atomic E-state index is 12.0. The SMILES string of the molecule is CCOc1ccc(CCC(=O)Nc2ccccc2Br)cc1. The molecule has 4 heteroatoms. The van der Waals surface area contributed by atoms with Crippen LogP contribution in [0.3, 0.4) is 0 Å². The Morgan fingerprint density at radius 2 is 1.86 bits per heavy atom. The lowest BCUT2D eigenvalue weighted by Gasteiger charge is -2.08. The Bertz CT molecular complexity index is 596. The molecule has 0 aliphatic rings. The number of rotatable bonds is 6. The average molecular weight is 348 g/mol. The van der Waals surface area contributed by atoms with Crippen molar-refractivity contribution in [2.45, 2.75) is 19.8 Å². The molecule has 0 aliphatic heterocycles. The van der Waals surface area contributed by atoms with E-state index in [0.29, 0.717) is 19.4 Å². The van der Waals surface area contributed by atoms with Gasteiger partial charge in [-0.25, -0.2) is 0 Å². The zero-order chi connectivity index (χ0) is 15.1. The van der Waals surface area contributed by atoms with Crippen LogP contribution in [0.5, 0.6) is 5.75 Å². The fraction of sp³-hybridized carbons (Fsp3) is 0.235. The van der Waals surface area contributed by atoms with Crippen LogP contribution in [0.4, 0.5) is 5.69 Å². The minimum absolute atomic E-state index is 0.00999. The van der Waals surface area contributed by atoms with Gasteiger partial charge in [0.05, 0.1) is 12.3 Å². The Balaban J connectivity index is 1.85. The summed E-state index contributed by atoms with van der Waals surface area (Å²) < 4.78 is 6.28. The number of anilines is 1. The highest BCUT2D eigenvalue weighted by molar-refractivity contribution is 9.10. The number of benzene rings is 2. The summed E-state index contributed by atoms with van der Waals surface area (Å²) in [5, 5.41) is 2.90. The van der Waals surface area contributed by atoms with Crippen LogP contribution in [0.25, 0.3) is 0 Å². The van der Waals surface area contributed by atoms with Crippen molar-refractivity contribution in [3.8, 4) is 5.75 Å². The molecule has 0 aromatic heterocycles. The Labute approximate surface area is 133 Å². The van der Waals surface area contributed by atoms with E-state index in [2.05, 4.69) is 21.2 Å². The van der Waals surface area contributed by atoms with Gasteiger partial charge >= 0.3 is 0 Å². The van der Waals surface area contributed by atoms with Gasteiger partial charge in [0.2, 0.25) is 5.91 Å². The molecule has 1 N–H and O–H groups in total. The van der Waals surface area contributed by atoms with Gasteiger partial charge in [0.25, 0.3) is 0 Å². The molecule has 0 heterocycles. The van der Waals surface area contributed by atoms with E-state index in [-0.39, 0.29) is 5.91 Å². The van der Waals surface area contributed by atoms with Crippen molar-refractivity contribution in [3.05, 3.63) is 58.6 Å². The largest absolute Gasteiger partial charge is 0.494 e. The first kappa shape index (κ1) is 15.6. The normalized spacial score (nSPS) is 10.2. The zero-order valence-corrected chi connectivity index (χ0v) is 13.5. The number of para-hydroxylation sites is 1. The zero-order valence-electron chi connectivity index (χ0n) is 11.9. The third kappa shape index (κ3) is 4.90. The van der Waals surface area contributed by atoms with Crippen LogP contribution in [-0.2, 0) is 11.2 Å². The van der Waals surface area contributed by atoms with Crippen molar-refractivity contribution in [2.24, 2.45) is 0 Å². The molecule has 0 aliphatic carbocycles. The lowest BCUT2D eigenvalue weighted by Crippen LogP contribution is -2.12. The first-order chi connectivity index (χ1) is 10.2. The first-order valence-corrected chi connectivity index (χ1v) is 7.74. The van der Waals surface area contributed by atoms with E-state index < -0.39 is 0 Å². The highest BCUT2D eigenvalue weighted by Gasteiger charge is 2.05. The van der Waals surface area contributed by atoms with Gasteiger partial charge < -0.3 is 10.1 Å². The van der Waals surface area contributed by atoms with Crippen LogP contribution in [0.1, 0.15) is 18.9 Å². The summed E-state index contributed by atoms with van der Waals surface area (Å²) in [6.45, 7) is 2.62. The van der Waals surface area contributed by atoms with Crippen LogP contribution < -0.4 is 10.1 Å². The molecule has 2 aromatic carbocycles. The standard InChI is InChI=1S/C17H18BrNO2/c1-2-21-14-10-7-13(8-11-14)9-12-17(20)19-16-6-4-3-5-15(16)18/h3-8,10-11H,2,9,12H2,1H3,(H,19,20). The molecular formula is C17H18BrNO2. The molecule has 1 amide bonds. The van der Waals surface area contributed by atoms with E-state index in [0.717, 1.165) is 21.5 Å². The Morgan fingerprint density at radius 1 is 1.14 bits per heavy atom. The van der Waals surface area contributed by atoms with Crippen molar-refractivity contribution in [1.29, 1.82) is 0 Å². The summed E-state index contributed by atoms with van der Waals surface area (Å²) in [6, 6.07) is 15.5. The number of aryl methyl sites for hydroxylation is 1. The number of carbonyl (C=O) groups excluding carboxylic acids is 1. The summed E-state index contributed by atoms with van der Waals surface area (Å²) in [4.78, 5) is 12.0. The topological polar surface area (TPSA) is 38.3 Å².